The van der Waals surface area contributed by atoms with Gasteiger partial charge in [0, 0.05) is 12.8 Å². The molecule has 0 fully saturated rings. The number of ether oxygens (including phenoxy) is 1. The van der Waals surface area contributed by atoms with Crippen molar-refractivity contribution in [3.63, 3.8) is 0 Å². The molecule has 0 spiro atoms. The van der Waals surface area contributed by atoms with Crippen molar-refractivity contribution < 1.29 is 24.5 Å². The molecule has 70 heavy (non-hydrogen) atoms. The number of rotatable bonds is 60. The number of amides is 1. The SMILES string of the molecule is CCCCCCCCCCCCCCCCC/C=C/C(O)C(CO)NC(=O)CCCCCCCCCCCCCCCCCCCCOC(=O)CCCCCCCCCCCCCCCCCCCC. The summed E-state index contributed by atoms with van der Waals surface area (Å²) in [6, 6.07) is -0.630. The van der Waals surface area contributed by atoms with Crippen molar-refractivity contribution in [2.45, 2.75) is 373 Å². The maximum absolute atomic E-state index is 12.5. The molecule has 6 nitrogen and oxygen atoms in total. The number of hydrogen-bond donors (Lipinski definition) is 3. The van der Waals surface area contributed by atoms with Crippen LogP contribution in [0.25, 0.3) is 0 Å². The molecule has 0 saturated heterocycles. The minimum Gasteiger partial charge on any atom is -0.466 e. The van der Waals surface area contributed by atoms with E-state index in [0.29, 0.717) is 19.4 Å². The molecular weight excluding hydrogens is 863 g/mol. The van der Waals surface area contributed by atoms with Crippen molar-refractivity contribution in [2.75, 3.05) is 13.2 Å². The van der Waals surface area contributed by atoms with E-state index >= 15 is 0 Å². The first-order valence-electron chi connectivity index (χ1n) is 32.0. The zero-order valence-corrected chi connectivity index (χ0v) is 47.5. The Kier molecular flexibility index (Phi) is 59.0. The highest BCUT2D eigenvalue weighted by atomic mass is 16.5. The van der Waals surface area contributed by atoms with Crippen molar-refractivity contribution >= 4 is 11.9 Å². The second kappa shape index (κ2) is 60.2. The Morgan fingerprint density at radius 1 is 0.386 bits per heavy atom. The Morgan fingerprint density at radius 3 is 0.971 bits per heavy atom. The topological polar surface area (TPSA) is 95.9 Å². The number of allylic oxidation sites excluding steroid dienone is 1. The molecule has 0 aliphatic heterocycles. The fraction of sp³-hybridized carbons (Fsp3) is 0.938. The number of hydrogen-bond acceptors (Lipinski definition) is 5. The molecule has 0 saturated carbocycles. The fourth-order valence-electron chi connectivity index (χ4n) is 10.2. The summed E-state index contributed by atoms with van der Waals surface area (Å²) in [4.78, 5) is 24.6. The van der Waals surface area contributed by atoms with Gasteiger partial charge in [0.2, 0.25) is 5.91 Å². The molecule has 0 heterocycles. The monoisotopic (exact) mass is 988 g/mol. The maximum Gasteiger partial charge on any atom is 0.305 e. The van der Waals surface area contributed by atoms with E-state index in [2.05, 4.69) is 19.2 Å². The molecule has 2 unspecified atom stereocenters. The smallest absolute Gasteiger partial charge is 0.305 e. The average Bonchev–Trinajstić information content (AvgIpc) is 3.36. The lowest BCUT2D eigenvalue weighted by atomic mass is 10.0. The van der Waals surface area contributed by atoms with Crippen LogP contribution >= 0.6 is 0 Å². The summed E-state index contributed by atoms with van der Waals surface area (Å²) in [7, 11) is 0. The molecular formula is C64H125NO5. The third kappa shape index (κ3) is 55.9. The van der Waals surface area contributed by atoms with Gasteiger partial charge >= 0.3 is 5.97 Å². The van der Waals surface area contributed by atoms with Gasteiger partial charge in [-0.3, -0.25) is 9.59 Å². The molecule has 1 amide bonds. The van der Waals surface area contributed by atoms with Crippen molar-refractivity contribution in [1.82, 2.24) is 5.32 Å². The minimum atomic E-state index is -0.847. The van der Waals surface area contributed by atoms with E-state index in [1.54, 1.807) is 6.08 Å². The predicted octanol–water partition coefficient (Wildman–Crippen LogP) is 20.0. The number of aliphatic hydroxyl groups excluding tert-OH is 2. The van der Waals surface area contributed by atoms with Crippen LogP contribution in [0.4, 0.5) is 0 Å². The van der Waals surface area contributed by atoms with Gasteiger partial charge in [0.25, 0.3) is 0 Å². The van der Waals surface area contributed by atoms with E-state index in [-0.39, 0.29) is 18.5 Å². The van der Waals surface area contributed by atoms with Crippen molar-refractivity contribution in [1.29, 1.82) is 0 Å². The lowest BCUT2D eigenvalue weighted by Crippen LogP contribution is -2.45. The first-order chi connectivity index (χ1) is 34.5. The summed E-state index contributed by atoms with van der Waals surface area (Å²) in [5, 5.41) is 23.2. The molecule has 0 aliphatic carbocycles. The number of nitrogens with one attached hydrogen (secondary N) is 1. The van der Waals surface area contributed by atoms with Gasteiger partial charge in [0.1, 0.15) is 0 Å². The first kappa shape index (κ1) is 68.6. The third-order valence-electron chi connectivity index (χ3n) is 15.1. The summed E-state index contributed by atoms with van der Waals surface area (Å²) in [6.07, 6.45) is 72.5. The van der Waals surface area contributed by atoms with Crippen molar-refractivity contribution in [3.8, 4) is 0 Å². The maximum atomic E-state index is 12.5. The molecule has 0 aromatic rings. The third-order valence-corrected chi connectivity index (χ3v) is 15.1. The van der Waals surface area contributed by atoms with Gasteiger partial charge in [-0.15, -0.1) is 0 Å². The number of esters is 1. The van der Waals surface area contributed by atoms with E-state index in [1.807, 2.05) is 6.08 Å². The number of aliphatic hydroxyl groups is 2. The number of carbonyl (C=O) groups is 2. The van der Waals surface area contributed by atoms with Crippen LogP contribution < -0.4 is 5.32 Å². The van der Waals surface area contributed by atoms with Gasteiger partial charge < -0.3 is 20.3 Å². The van der Waals surface area contributed by atoms with Crippen LogP contribution in [0.2, 0.25) is 0 Å². The lowest BCUT2D eigenvalue weighted by Gasteiger charge is -2.20. The zero-order chi connectivity index (χ0) is 50.7. The second-order valence-corrected chi connectivity index (χ2v) is 22.1. The average molecular weight is 989 g/mol. The van der Waals surface area contributed by atoms with Gasteiger partial charge in [-0.1, -0.05) is 328 Å². The summed E-state index contributed by atoms with van der Waals surface area (Å²) in [5.41, 5.74) is 0. The Morgan fingerprint density at radius 2 is 0.657 bits per heavy atom. The van der Waals surface area contributed by atoms with E-state index in [4.69, 9.17) is 4.74 Å². The van der Waals surface area contributed by atoms with Crippen LogP contribution in [-0.2, 0) is 14.3 Å². The van der Waals surface area contributed by atoms with Gasteiger partial charge in [0.15, 0.2) is 0 Å². The van der Waals surface area contributed by atoms with Crippen LogP contribution in [0.15, 0.2) is 12.2 Å². The van der Waals surface area contributed by atoms with Crippen molar-refractivity contribution in [3.05, 3.63) is 12.2 Å². The molecule has 3 N–H and O–H groups in total. The largest absolute Gasteiger partial charge is 0.466 e. The lowest BCUT2D eigenvalue weighted by molar-refractivity contribution is -0.143. The van der Waals surface area contributed by atoms with Crippen LogP contribution in [0.1, 0.15) is 361 Å². The minimum absolute atomic E-state index is 0.0118. The fourth-order valence-corrected chi connectivity index (χ4v) is 10.2. The van der Waals surface area contributed by atoms with Gasteiger partial charge in [0.05, 0.1) is 25.4 Å². The first-order valence-corrected chi connectivity index (χ1v) is 32.0. The van der Waals surface area contributed by atoms with Crippen molar-refractivity contribution in [2.24, 2.45) is 0 Å². The Hall–Kier alpha value is -1.40. The molecule has 6 heteroatoms. The van der Waals surface area contributed by atoms with Gasteiger partial charge in [-0.2, -0.15) is 0 Å². The van der Waals surface area contributed by atoms with E-state index < -0.39 is 12.1 Å². The highest BCUT2D eigenvalue weighted by Gasteiger charge is 2.18. The summed E-state index contributed by atoms with van der Waals surface area (Å²) in [5.74, 6) is -0.0570. The van der Waals surface area contributed by atoms with Crippen LogP contribution in [0.5, 0.6) is 0 Å². The van der Waals surface area contributed by atoms with E-state index in [0.717, 1.165) is 38.5 Å². The highest BCUT2D eigenvalue weighted by molar-refractivity contribution is 5.76. The normalized spacial score (nSPS) is 12.6. The Balaban J connectivity index is 3.40. The number of unbranched alkanes of at least 4 members (excludes halogenated alkanes) is 49. The molecule has 0 aliphatic rings. The summed E-state index contributed by atoms with van der Waals surface area (Å²) < 4.78 is 5.50. The van der Waals surface area contributed by atoms with Gasteiger partial charge in [-0.05, 0) is 32.1 Å². The molecule has 0 aromatic carbocycles. The Bertz CT molecular complexity index is 1050. The predicted molar refractivity (Wildman–Crippen MR) is 306 cm³/mol. The molecule has 2 atom stereocenters. The molecule has 416 valence electrons. The van der Waals surface area contributed by atoms with Crippen LogP contribution in [0.3, 0.4) is 0 Å². The quantitative estimate of drug-likeness (QED) is 0.0321. The molecule has 0 bridgehead atoms. The highest BCUT2D eigenvalue weighted by Crippen LogP contribution is 2.18. The van der Waals surface area contributed by atoms with Crippen LogP contribution in [-0.4, -0.2) is 47.4 Å². The standard InChI is InChI=1S/C64H125NO5/c1-3-5-7-9-11-13-15-17-19-21-26-30-34-38-42-46-50-54-58-64(69)70-59-55-51-47-43-39-35-31-27-23-22-25-29-33-37-41-45-49-53-57-63(68)65-61(60-66)62(67)56-52-48-44-40-36-32-28-24-20-18-16-14-12-10-8-6-4-2/h52,56,61-62,66-67H,3-51,53-55,57-60H2,1-2H3,(H,65,68)/b56-52+. The zero-order valence-electron chi connectivity index (χ0n) is 47.5. The molecule has 0 rings (SSSR count). The number of carbonyl (C=O) groups excluding carboxylic acids is 2. The van der Waals surface area contributed by atoms with E-state index in [9.17, 15) is 19.8 Å². The van der Waals surface area contributed by atoms with Crippen LogP contribution in [0, 0.1) is 0 Å². The summed E-state index contributed by atoms with van der Waals surface area (Å²) in [6.45, 7) is 4.93. The van der Waals surface area contributed by atoms with Gasteiger partial charge in [-0.25, -0.2) is 0 Å². The summed E-state index contributed by atoms with van der Waals surface area (Å²) >= 11 is 0. The molecule has 0 aromatic heterocycles. The molecule has 0 radical (unpaired) electrons. The van der Waals surface area contributed by atoms with E-state index in [1.165, 1.54) is 295 Å². The second-order valence-electron chi connectivity index (χ2n) is 22.1. The Labute approximate surface area is 438 Å².